The Morgan fingerprint density at radius 2 is 2.00 bits per heavy atom. The van der Waals surface area contributed by atoms with Gasteiger partial charge in [-0.25, -0.2) is 4.79 Å². The summed E-state index contributed by atoms with van der Waals surface area (Å²) in [7, 11) is 0. The number of alkyl halides is 1. The highest BCUT2D eigenvalue weighted by atomic mass is 35.5. The van der Waals surface area contributed by atoms with E-state index >= 15 is 0 Å². The fourth-order valence-electron chi connectivity index (χ4n) is 1.88. The highest BCUT2D eigenvalue weighted by molar-refractivity contribution is 6.28. The van der Waals surface area contributed by atoms with Crippen molar-refractivity contribution in [2.45, 2.75) is 6.42 Å². The lowest BCUT2D eigenvalue weighted by atomic mass is 10.1. The van der Waals surface area contributed by atoms with Gasteiger partial charge in [-0.15, -0.1) is 11.6 Å². The number of imide groups is 1. The molecule has 0 fully saturated rings. The SMILES string of the molecule is O=C(CCl)NC(=O)NCCc1cccc2cccnc12. The molecule has 1 heterocycles. The number of rotatable bonds is 4. The number of nitrogens with one attached hydrogen (secondary N) is 2. The number of halogens is 1. The topological polar surface area (TPSA) is 71.1 Å². The molecule has 0 saturated heterocycles. The predicted molar refractivity (Wildman–Crippen MR) is 77.7 cm³/mol. The molecule has 0 aliphatic heterocycles. The average molecular weight is 292 g/mol. The summed E-state index contributed by atoms with van der Waals surface area (Å²) in [6.45, 7) is 0.414. The van der Waals surface area contributed by atoms with E-state index in [9.17, 15) is 9.59 Å². The zero-order valence-electron chi connectivity index (χ0n) is 10.7. The van der Waals surface area contributed by atoms with E-state index in [1.165, 1.54) is 0 Å². The van der Waals surface area contributed by atoms with Crippen molar-refractivity contribution >= 4 is 34.4 Å². The highest BCUT2D eigenvalue weighted by Gasteiger charge is 2.06. The van der Waals surface area contributed by atoms with Gasteiger partial charge in [-0.2, -0.15) is 0 Å². The van der Waals surface area contributed by atoms with Gasteiger partial charge in [-0.05, 0) is 18.1 Å². The van der Waals surface area contributed by atoms with Gasteiger partial charge >= 0.3 is 6.03 Å². The number of carbonyl (C=O) groups is 2. The second kappa shape index (κ2) is 6.86. The Labute approximate surface area is 121 Å². The van der Waals surface area contributed by atoms with Crippen LogP contribution in [0.4, 0.5) is 4.79 Å². The fourth-order valence-corrected chi connectivity index (χ4v) is 1.95. The molecule has 5 nitrogen and oxygen atoms in total. The lowest BCUT2D eigenvalue weighted by Gasteiger charge is -2.07. The normalized spacial score (nSPS) is 10.2. The summed E-state index contributed by atoms with van der Waals surface area (Å²) >= 11 is 5.29. The average Bonchev–Trinajstić information content (AvgIpc) is 2.47. The molecule has 0 unspecified atom stereocenters. The maximum Gasteiger partial charge on any atom is 0.321 e. The second-order valence-electron chi connectivity index (χ2n) is 4.18. The summed E-state index contributed by atoms with van der Waals surface area (Å²) in [6.07, 6.45) is 2.38. The Balaban J connectivity index is 1.93. The van der Waals surface area contributed by atoms with E-state index in [4.69, 9.17) is 11.6 Å². The summed E-state index contributed by atoms with van der Waals surface area (Å²) in [6, 6.07) is 9.25. The van der Waals surface area contributed by atoms with E-state index in [1.54, 1.807) is 6.20 Å². The lowest BCUT2D eigenvalue weighted by molar-refractivity contribution is -0.117. The molecule has 104 valence electrons. The number of amides is 3. The number of para-hydroxylation sites is 1. The van der Waals surface area contributed by atoms with Crippen molar-refractivity contribution in [3.8, 4) is 0 Å². The number of benzene rings is 1. The van der Waals surface area contributed by atoms with Crippen LogP contribution in [0.5, 0.6) is 0 Å². The first-order valence-corrected chi connectivity index (χ1v) is 6.70. The molecule has 20 heavy (non-hydrogen) atoms. The van der Waals surface area contributed by atoms with Gasteiger partial charge in [-0.3, -0.25) is 15.1 Å². The first kappa shape index (κ1) is 14.3. The molecule has 2 aromatic rings. The molecule has 2 N–H and O–H groups in total. The van der Waals surface area contributed by atoms with Gasteiger partial charge in [0.05, 0.1) is 5.52 Å². The van der Waals surface area contributed by atoms with Crippen molar-refractivity contribution in [3.63, 3.8) is 0 Å². The zero-order valence-corrected chi connectivity index (χ0v) is 11.5. The number of fused-ring (bicyclic) bond motifs is 1. The number of carbonyl (C=O) groups excluding carboxylic acids is 2. The Bertz CT molecular complexity index is 625. The molecule has 0 bridgehead atoms. The fraction of sp³-hybridized carbons (Fsp3) is 0.214. The van der Waals surface area contributed by atoms with Crippen molar-refractivity contribution < 1.29 is 9.59 Å². The molecule has 1 aromatic heterocycles. The minimum Gasteiger partial charge on any atom is -0.337 e. The molecule has 0 radical (unpaired) electrons. The van der Waals surface area contributed by atoms with Crippen LogP contribution in [0.15, 0.2) is 36.5 Å². The monoisotopic (exact) mass is 291 g/mol. The van der Waals surface area contributed by atoms with Gasteiger partial charge in [0.25, 0.3) is 0 Å². The standard InChI is InChI=1S/C14H14ClN3O2/c15-9-12(19)18-14(20)17-8-6-11-4-1-3-10-5-2-7-16-13(10)11/h1-5,7H,6,8-9H2,(H2,17,18,19,20). The summed E-state index contributed by atoms with van der Waals surface area (Å²) in [5, 5.41) is 5.78. The summed E-state index contributed by atoms with van der Waals surface area (Å²) in [4.78, 5) is 26.6. The number of pyridine rings is 1. The van der Waals surface area contributed by atoms with Crippen LogP contribution >= 0.6 is 11.6 Å². The maximum absolute atomic E-state index is 11.3. The number of hydrogen-bond donors (Lipinski definition) is 2. The third-order valence-corrected chi connectivity index (χ3v) is 3.01. The molecule has 0 saturated carbocycles. The summed E-state index contributed by atoms with van der Waals surface area (Å²) in [5.41, 5.74) is 1.97. The van der Waals surface area contributed by atoms with Crippen molar-refractivity contribution in [1.82, 2.24) is 15.6 Å². The first-order chi connectivity index (χ1) is 9.70. The minimum atomic E-state index is -0.538. The van der Waals surface area contributed by atoms with Gasteiger partial charge in [-0.1, -0.05) is 24.3 Å². The van der Waals surface area contributed by atoms with Crippen LogP contribution in [0.1, 0.15) is 5.56 Å². The summed E-state index contributed by atoms with van der Waals surface area (Å²) in [5.74, 6) is -0.753. The number of nitrogens with zero attached hydrogens (tertiary/aromatic N) is 1. The van der Waals surface area contributed by atoms with Gasteiger partial charge in [0.2, 0.25) is 5.91 Å². The molecule has 3 amide bonds. The third-order valence-electron chi connectivity index (χ3n) is 2.77. The van der Waals surface area contributed by atoms with E-state index in [0.29, 0.717) is 13.0 Å². The Kier molecular flexibility index (Phi) is 4.90. The van der Waals surface area contributed by atoms with Crippen LogP contribution in [0.25, 0.3) is 10.9 Å². The third kappa shape index (κ3) is 3.68. The van der Waals surface area contributed by atoms with Crippen molar-refractivity contribution in [2.75, 3.05) is 12.4 Å². The largest absolute Gasteiger partial charge is 0.337 e. The highest BCUT2D eigenvalue weighted by Crippen LogP contribution is 2.15. The second-order valence-corrected chi connectivity index (χ2v) is 4.45. The molecule has 0 atom stereocenters. The molecule has 0 aliphatic rings. The number of urea groups is 1. The van der Waals surface area contributed by atoms with E-state index in [0.717, 1.165) is 16.5 Å². The Morgan fingerprint density at radius 1 is 1.20 bits per heavy atom. The van der Waals surface area contributed by atoms with Crippen molar-refractivity contribution in [3.05, 3.63) is 42.1 Å². The summed E-state index contributed by atoms with van der Waals surface area (Å²) < 4.78 is 0. The number of aromatic nitrogens is 1. The van der Waals surface area contributed by atoms with Gasteiger partial charge in [0.15, 0.2) is 0 Å². The maximum atomic E-state index is 11.3. The van der Waals surface area contributed by atoms with Crippen molar-refractivity contribution in [1.29, 1.82) is 0 Å². The molecule has 0 spiro atoms. The Morgan fingerprint density at radius 3 is 2.80 bits per heavy atom. The van der Waals surface area contributed by atoms with Crippen LogP contribution in [-0.2, 0) is 11.2 Å². The molecular formula is C14H14ClN3O2. The zero-order chi connectivity index (χ0) is 14.4. The molecule has 1 aromatic carbocycles. The van der Waals surface area contributed by atoms with Gasteiger partial charge < -0.3 is 5.32 Å². The predicted octanol–water partition coefficient (Wildman–Crippen LogP) is 1.84. The smallest absolute Gasteiger partial charge is 0.321 e. The quantitative estimate of drug-likeness (QED) is 0.845. The minimum absolute atomic E-state index is 0.235. The Hall–Kier alpha value is -2.14. The molecule has 0 aliphatic carbocycles. The molecule has 6 heteroatoms. The van der Waals surface area contributed by atoms with Gasteiger partial charge in [0, 0.05) is 18.1 Å². The van der Waals surface area contributed by atoms with E-state index < -0.39 is 11.9 Å². The van der Waals surface area contributed by atoms with Crippen LogP contribution in [0.2, 0.25) is 0 Å². The van der Waals surface area contributed by atoms with E-state index in [1.807, 2.05) is 30.3 Å². The van der Waals surface area contributed by atoms with Crippen LogP contribution in [-0.4, -0.2) is 29.3 Å². The molecule has 2 rings (SSSR count). The van der Waals surface area contributed by atoms with Crippen molar-refractivity contribution in [2.24, 2.45) is 0 Å². The lowest BCUT2D eigenvalue weighted by Crippen LogP contribution is -2.40. The van der Waals surface area contributed by atoms with Crippen LogP contribution in [0, 0.1) is 0 Å². The van der Waals surface area contributed by atoms with Crippen LogP contribution in [0.3, 0.4) is 0 Å². The van der Waals surface area contributed by atoms with E-state index in [2.05, 4.69) is 15.6 Å². The number of hydrogen-bond acceptors (Lipinski definition) is 3. The van der Waals surface area contributed by atoms with E-state index in [-0.39, 0.29) is 5.88 Å². The molecular weight excluding hydrogens is 278 g/mol. The van der Waals surface area contributed by atoms with Gasteiger partial charge in [0.1, 0.15) is 5.88 Å². The van der Waals surface area contributed by atoms with Crippen LogP contribution < -0.4 is 10.6 Å². The first-order valence-electron chi connectivity index (χ1n) is 6.17.